The van der Waals surface area contributed by atoms with Gasteiger partial charge in [0.25, 0.3) is 0 Å². The third-order valence-electron chi connectivity index (χ3n) is 3.58. The van der Waals surface area contributed by atoms with Crippen LogP contribution in [0.15, 0.2) is 30.3 Å². The van der Waals surface area contributed by atoms with Gasteiger partial charge >= 0.3 is 0 Å². The SMILES string of the molecule is CNC(Cc1nnn(C)n1)c1cc(C)c2ccccc2n1. The average Bonchev–Trinajstić information content (AvgIpc) is 2.90. The van der Waals surface area contributed by atoms with E-state index in [1.54, 1.807) is 7.05 Å². The van der Waals surface area contributed by atoms with Crippen molar-refractivity contribution in [1.29, 1.82) is 0 Å². The minimum absolute atomic E-state index is 0.0671. The van der Waals surface area contributed by atoms with Crippen LogP contribution in [0.3, 0.4) is 0 Å². The summed E-state index contributed by atoms with van der Waals surface area (Å²) in [4.78, 5) is 6.24. The highest BCUT2D eigenvalue weighted by Crippen LogP contribution is 2.22. The average molecular weight is 282 g/mol. The molecule has 0 spiro atoms. The molecule has 0 bridgehead atoms. The van der Waals surface area contributed by atoms with Gasteiger partial charge in [0.15, 0.2) is 5.82 Å². The molecule has 0 saturated carbocycles. The van der Waals surface area contributed by atoms with E-state index in [0.717, 1.165) is 11.2 Å². The molecule has 3 aromatic rings. The Balaban J connectivity index is 1.96. The fraction of sp³-hybridized carbons (Fsp3) is 0.333. The summed E-state index contributed by atoms with van der Waals surface area (Å²) in [6, 6.07) is 10.4. The Labute approximate surface area is 123 Å². The van der Waals surface area contributed by atoms with Crippen LogP contribution >= 0.6 is 0 Å². The minimum atomic E-state index is 0.0671. The molecule has 1 N–H and O–H groups in total. The van der Waals surface area contributed by atoms with Crippen LogP contribution in [-0.2, 0) is 13.5 Å². The normalized spacial score (nSPS) is 12.7. The van der Waals surface area contributed by atoms with Gasteiger partial charge < -0.3 is 5.32 Å². The van der Waals surface area contributed by atoms with Gasteiger partial charge in [0.05, 0.1) is 24.3 Å². The summed E-state index contributed by atoms with van der Waals surface area (Å²) in [7, 11) is 3.69. The first-order valence-electron chi connectivity index (χ1n) is 6.94. The van der Waals surface area contributed by atoms with Crippen molar-refractivity contribution in [2.45, 2.75) is 19.4 Å². The molecule has 1 atom stereocenters. The highest BCUT2D eigenvalue weighted by Gasteiger charge is 2.16. The lowest BCUT2D eigenvalue weighted by Gasteiger charge is -2.15. The van der Waals surface area contributed by atoms with Gasteiger partial charge in [0.2, 0.25) is 0 Å². The van der Waals surface area contributed by atoms with Gasteiger partial charge in [0, 0.05) is 11.8 Å². The highest BCUT2D eigenvalue weighted by atomic mass is 15.6. The lowest BCUT2D eigenvalue weighted by molar-refractivity contribution is 0.558. The zero-order valence-electron chi connectivity index (χ0n) is 12.4. The van der Waals surface area contributed by atoms with E-state index < -0.39 is 0 Å². The number of benzene rings is 1. The van der Waals surface area contributed by atoms with Gasteiger partial charge in [-0.2, -0.15) is 4.80 Å². The maximum absolute atomic E-state index is 4.76. The molecule has 0 aliphatic carbocycles. The zero-order valence-corrected chi connectivity index (χ0v) is 12.4. The van der Waals surface area contributed by atoms with Crippen LogP contribution < -0.4 is 5.32 Å². The van der Waals surface area contributed by atoms with Gasteiger partial charge in [-0.25, -0.2) is 0 Å². The van der Waals surface area contributed by atoms with Crippen molar-refractivity contribution in [1.82, 2.24) is 30.5 Å². The molecule has 1 aromatic carbocycles. The van der Waals surface area contributed by atoms with Crippen molar-refractivity contribution in [3.05, 3.63) is 47.4 Å². The second kappa shape index (κ2) is 5.57. The predicted molar refractivity (Wildman–Crippen MR) is 80.8 cm³/mol. The van der Waals surface area contributed by atoms with E-state index in [-0.39, 0.29) is 6.04 Å². The molecule has 6 nitrogen and oxygen atoms in total. The van der Waals surface area contributed by atoms with Gasteiger partial charge in [-0.3, -0.25) is 4.98 Å². The summed E-state index contributed by atoms with van der Waals surface area (Å²) in [5, 5.41) is 16.6. The monoisotopic (exact) mass is 282 g/mol. The molecule has 2 aromatic heterocycles. The summed E-state index contributed by atoms with van der Waals surface area (Å²) in [6.07, 6.45) is 0.662. The lowest BCUT2D eigenvalue weighted by atomic mass is 10.0. The molecule has 6 heteroatoms. The van der Waals surface area contributed by atoms with Crippen molar-refractivity contribution in [2.75, 3.05) is 7.05 Å². The Kier molecular flexibility index (Phi) is 3.62. The number of rotatable bonds is 4. The second-order valence-corrected chi connectivity index (χ2v) is 5.12. The number of aryl methyl sites for hydroxylation is 2. The van der Waals surface area contributed by atoms with Crippen LogP contribution in [0.1, 0.15) is 23.1 Å². The number of fused-ring (bicyclic) bond motifs is 1. The molecular weight excluding hydrogens is 264 g/mol. The number of likely N-dealkylation sites (N-methyl/N-ethyl adjacent to an activating group) is 1. The molecule has 108 valence electrons. The topological polar surface area (TPSA) is 68.5 Å². The first-order chi connectivity index (χ1) is 10.2. The van der Waals surface area contributed by atoms with E-state index >= 15 is 0 Å². The first kappa shape index (κ1) is 13.6. The molecule has 0 aliphatic rings. The van der Waals surface area contributed by atoms with E-state index in [0.29, 0.717) is 12.2 Å². The Bertz CT molecular complexity index is 764. The highest BCUT2D eigenvalue weighted by molar-refractivity contribution is 5.82. The molecular formula is C15H18N6. The number of pyridine rings is 1. The van der Waals surface area contributed by atoms with Gasteiger partial charge in [0.1, 0.15) is 0 Å². The van der Waals surface area contributed by atoms with E-state index in [2.05, 4.69) is 39.8 Å². The minimum Gasteiger partial charge on any atom is -0.311 e. The third kappa shape index (κ3) is 2.75. The Hall–Kier alpha value is -2.34. The smallest absolute Gasteiger partial charge is 0.176 e. The number of para-hydroxylation sites is 1. The quantitative estimate of drug-likeness (QED) is 0.786. The standard InChI is InChI=1S/C15H18N6/c1-10-8-14(17-12-7-5-4-6-11(10)12)13(16-2)9-15-18-20-21(3)19-15/h4-8,13,16H,9H2,1-3H3. The predicted octanol–water partition coefficient (Wildman–Crippen LogP) is 1.57. The molecule has 21 heavy (non-hydrogen) atoms. The van der Waals surface area contributed by atoms with Crippen molar-refractivity contribution < 1.29 is 0 Å². The summed E-state index contributed by atoms with van der Waals surface area (Å²) in [5.41, 5.74) is 3.24. The maximum atomic E-state index is 4.76. The number of nitrogens with zero attached hydrogens (tertiary/aromatic N) is 5. The lowest BCUT2D eigenvalue weighted by Crippen LogP contribution is -2.21. The second-order valence-electron chi connectivity index (χ2n) is 5.12. The van der Waals surface area contributed by atoms with Gasteiger partial charge in [-0.1, -0.05) is 18.2 Å². The largest absolute Gasteiger partial charge is 0.311 e. The summed E-state index contributed by atoms with van der Waals surface area (Å²) < 4.78 is 0. The molecule has 0 fully saturated rings. The van der Waals surface area contributed by atoms with Crippen LogP contribution in [0, 0.1) is 6.92 Å². The van der Waals surface area contributed by atoms with Crippen LogP contribution in [0.25, 0.3) is 10.9 Å². The fourth-order valence-electron chi connectivity index (χ4n) is 2.50. The van der Waals surface area contributed by atoms with Crippen molar-refractivity contribution in [2.24, 2.45) is 7.05 Å². The molecule has 0 amide bonds. The van der Waals surface area contributed by atoms with Gasteiger partial charge in [-0.05, 0) is 36.9 Å². The molecule has 0 radical (unpaired) electrons. The molecule has 3 rings (SSSR count). The van der Waals surface area contributed by atoms with E-state index in [4.69, 9.17) is 4.98 Å². The summed E-state index contributed by atoms with van der Waals surface area (Å²) in [5.74, 6) is 0.712. The molecule has 0 aliphatic heterocycles. The summed E-state index contributed by atoms with van der Waals surface area (Å²) >= 11 is 0. The van der Waals surface area contributed by atoms with E-state index in [1.165, 1.54) is 15.7 Å². The van der Waals surface area contributed by atoms with E-state index in [1.807, 2.05) is 25.2 Å². The van der Waals surface area contributed by atoms with Crippen LogP contribution in [0.2, 0.25) is 0 Å². The molecule has 1 unspecified atom stereocenters. The van der Waals surface area contributed by atoms with Crippen LogP contribution in [-0.4, -0.2) is 32.2 Å². The number of tetrazole rings is 1. The fourth-order valence-corrected chi connectivity index (χ4v) is 2.50. The number of nitrogens with one attached hydrogen (secondary N) is 1. The van der Waals surface area contributed by atoms with Gasteiger partial charge in [-0.15, -0.1) is 10.2 Å². The molecule has 2 heterocycles. The molecule has 0 saturated heterocycles. The third-order valence-corrected chi connectivity index (χ3v) is 3.58. The first-order valence-corrected chi connectivity index (χ1v) is 6.94. The van der Waals surface area contributed by atoms with Crippen LogP contribution in [0.5, 0.6) is 0 Å². The van der Waals surface area contributed by atoms with Crippen LogP contribution in [0.4, 0.5) is 0 Å². The number of hydrogen-bond acceptors (Lipinski definition) is 5. The Morgan fingerprint density at radius 2 is 2.10 bits per heavy atom. The van der Waals surface area contributed by atoms with E-state index in [9.17, 15) is 0 Å². The number of hydrogen-bond donors (Lipinski definition) is 1. The van der Waals surface area contributed by atoms with Crippen molar-refractivity contribution in [3.8, 4) is 0 Å². The Morgan fingerprint density at radius 1 is 1.29 bits per heavy atom. The van der Waals surface area contributed by atoms with Crippen molar-refractivity contribution in [3.63, 3.8) is 0 Å². The zero-order chi connectivity index (χ0) is 14.8. The number of aromatic nitrogens is 5. The summed E-state index contributed by atoms with van der Waals surface area (Å²) in [6.45, 7) is 2.11. The maximum Gasteiger partial charge on any atom is 0.176 e. The Morgan fingerprint density at radius 3 is 2.81 bits per heavy atom. The van der Waals surface area contributed by atoms with Crippen molar-refractivity contribution >= 4 is 10.9 Å².